The molecule has 0 radical (unpaired) electrons. The van der Waals surface area contributed by atoms with E-state index in [2.05, 4.69) is 22.9 Å². The van der Waals surface area contributed by atoms with Gasteiger partial charge in [-0.25, -0.2) is 0 Å². The molecule has 1 aromatic carbocycles. The highest BCUT2D eigenvalue weighted by atomic mass is 79.9. The molecule has 0 heterocycles. The molecular weight excluding hydrogens is 302 g/mol. The van der Waals surface area contributed by atoms with Crippen molar-refractivity contribution in [2.45, 2.75) is 26.7 Å². The molecule has 0 aromatic heterocycles. The molecule has 0 aliphatic rings. The molecule has 0 N–H and O–H groups in total. The van der Waals surface area contributed by atoms with E-state index in [1.807, 2.05) is 11.8 Å². The van der Waals surface area contributed by atoms with Crippen molar-refractivity contribution in [3.05, 3.63) is 33.3 Å². The minimum atomic E-state index is 0.0597. The summed E-state index contributed by atoms with van der Waals surface area (Å²) >= 11 is 9.25. The van der Waals surface area contributed by atoms with Gasteiger partial charge < -0.3 is 4.90 Å². The van der Waals surface area contributed by atoms with Crippen molar-refractivity contribution in [3.8, 4) is 0 Å². The zero-order valence-electron chi connectivity index (χ0n) is 10.2. The zero-order valence-corrected chi connectivity index (χ0v) is 12.5. The van der Waals surface area contributed by atoms with Crippen molar-refractivity contribution in [3.63, 3.8) is 0 Å². The number of benzene rings is 1. The zero-order chi connectivity index (χ0) is 12.8. The topological polar surface area (TPSA) is 20.3 Å². The maximum Gasteiger partial charge on any atom is 0.254 e. The fourth-order valence-corrected chi connectivity index (χ4v) is 2.44. The molecule has 0 saturated heterocycles. The number of nitrogens with zero attached hydrogens (tertiary/aromatic N) is 1. The highest BCUT2D eigenvalue weighted by Gasteiger charge is 2.16. The number of hydrogen-bond acceptors (Lipinski definition) is 1. The van der Waals surface area contributed by atoms with Gasteiger partial charge in [0, 0.05) is 22.6 Å². The Morgan fingerprint density at radius 3 is 2.65 bits per heavy atom. The monoisotopic (exact) mass is 317 g/mol. The van der Waals surface area contributed by atoms with Crippen LogP contribution in [0.1, 0.15) is 37.0 Å². The van der Waals surface area contributed by atoms with E-state index in [1.165, 1.54) is 0 Å². The van der Waals surface area contributed by atoms with Crippen molar-refractivity contribution in [2.75, 3.05) is 13.1 Å². The van der Waals surface area contributed by atoms with E-state index in [4.69, 9.17) is 11.6 Å². The molecule has 17 heavy (non-hydrogen) atoms. The summed E-state index contributed by atoms with van der Waals surface area (Å²) in [6, 6.07) is 5.26. The highest BCUT2D eigenvalue weighted by Crippen LogP contribution is 2.23. The Morgan fingerprint density at radius 1 is 1.41 bits per heavy atom. The number of hydrogen-bond donors (Lipinski definition) is 0. The van der Waals surface area contributed by atoms with Gasteiger partial charge in [-0.1, -0.05) is 24.9 Å². The van der Waals surface area contributed by atoms with Gasteiger partial charge in [-0.05, 0) is 47.5 Å². The van der Waals surface area contributed by atoms with Crippen LogP contribution in [0.4, 0.5) is 0 Å². The lowest BCUT2D eigenvalue weighted by Gasteiger charge is -2.21. The molecule has 0 unspecified atom stereocenters. The Kier molecular flexibility index (Phi) is 6.00. The van der Waals surface area contributed by atoms with Gasteiger partial charge in [0.15, 0.2) is 0 Å². The van der Waals surface area contributed by atoms with Gasteiger partial charge in [-0.15, -0.1) is 0 Å². The normalized spacial score (nSPS) is 10.4. The van der Waals surface area contributed by atoms with E-state index in [-0.39, 0.29) is 5.91 Å². The molecule has 2 nitrogen and oxygen atoms in total. The van der Waals surface area contributed by atoms with E-state index < -0.39 is 0 Å². The molecule has 0 aliphatic heterocycles. The second-order valence-electron chi connectivity index (χ2n) is 3.86. The molecule has 1 aromatic rings. The fourth-order valence-electron chi connectivity index (χ4n) is 1.59. The molecule has 0 spiro atoms. The average molecular weight is 319 g/mol. The average Bonchev–Trinajstić information content (AvgIpc) is 2.29. The summed E-state index contributed by atoms with van der Waals surface area (Å²) in [4.78, 5) is 14.1. The predicted octanol–water partition coefficient (Wildman–Crippen LogP) is 4.36. The van der Waals surface area contributed by atoms with Crippen LogP contribution in [-0.4, -0.2) is 23.9 Å². The quantitative estimate of drug-likeness (QED) is 0.789. The van der Waals surface area contributed by atoms with E-state index in [9.17, 15) is 4.79 Å². The Labute approximate surface area is 116 Å². The molecular formula is C13H17BrClNO. The molecule has 0 fully saturated rings. The number of carbonyl (C=O) groups excluding carboxylic acids is 1. The fraction of sp³-hybridized carbons (Fsp3) is 0.462. The molecule has 0 bridgehead atoms. The molecule has 0 atom stereocenters. The number of rotatable bonds is 5. The minimum absolute atomic E-state index is 0.0597. The van der Waals surface area contributed by atoms with Crippen LogP contribution in [0.25, 0.3) is 0 Å². The summed E-state index contributed by atoms with van der Waals surface area (Å²) in [5.74, 6) is 0.0597. The smallest absolute Gasteiger partial charge is 0.254 e. The third-order valence-electron chi connectivity index (χ3n) is 2.61. The van der Waals surface area contributed by atoms with Gasteiger partial charge >= 0.3 is 0 Å². The van der Waals surface area contributed by atoms with Crippen LogP contribution in [-0.2, 0) is 0 Å². The minimum Gasteiger partial charge on any atom is -0.339 e. The standard InChI is InChI=1S/C13H17BrClNO/c1-3-5-8-16(4-2)13(17)11-7-6-10(15)9-12(11)14/h6-7,9H,3-5,8H2,1-2H3. The third kappa shape index (κ3) is 4.00. The maximum absolute atomic E-state index is 12.3. The molecule has 0 aliphatic carbocycles. The number of carbonyl (C=O) groups is 1. The van der Waals surface area contributed by atoms with Crippen molar-refractivity contribution < 1.29 is 4.79 Å². The second-order valence-corrected chi connectivity index (χ2v) is 5.15. The van der Waals surface area contributed by atoms with Gasteiger partial charge in [0.25, 0.3) is 5.91 Å². The first-order valence-electron chi connectivity index (χ1n) is 5.84. The molecule has 1 amide bonds. The van der Waals surface area contributed by atoms with Gasteiger partial charge in [0.05, 0.1) is 5.56 Å². The van der Waals surface area contributed by atoms with Crippen LogP contribution < -0.4 is 0 Å². The van der Waals surface area contributed by atoms with Crippen LogP contribution in [0.5, 0.6) is 0 Å². The third-order valence-corrected chi connectivity index (χ3v) is 3.50. The Balaban J connectivity index is 2.86. The van der Waals surface area contributed by atoms with Crippen LogP contribution >= 0.6 is 27.5 Å². The van der Waals surface area contributed by atoms with Crippen LogP contribution in [0.2, 0.25) is 5.02 Å². The van der Waals surface area contributed by atoms with Gasteiger partial charge in [0.2, 0.25) is 0 Å². The molecule has 4 heteroatoms. The Morgan fingerprint density at radius 2 is 2.12 bits per heavy atom. The predicted molar refractivity (Wildman–Crippen MR) is 75.6 cm³/mol. The van der Waals surface area contributed by atoms with Crippen molar-refractivity contribution >= 4 is 33.4 Å². The van der Waals surface area contributed by atoms with Gasteiger partial charge in [-0.2, -0.15) is 0 Å². The highest BCUT2D eigenvalue weighted by molar-refractivity contribution is 9.10. The lowest BCUT2D eigenvalue weighted by Crippen LogP contribution is -2.31. The summed E-state index contributed by atoms with van der Waals surface area (Å²) in [5, 5.41) is 0.630. The maximum atomic E-state index is 12.3. The first-order chi connectivity index (χ1) is 8.10. The molecule has 0 saturated carbocycles. The number of halogens is 2. The van der Waals surface area contributed by atoms with Crippen LogP contribution in [0.3, 0.4) is 0 Å². The number of unbranched alkanes of at least 4 members (excludes halogenated alkanes) is 1. The van der Waals surface area contributed by atoms with E-state index in [0.717, 1.165) is 30.4 Å². The summed E-state index contributed by atoms with van der Waals surface area (Å²) in [5.41, 5.74) is 0.673. The van der Waals surface area contributed by atoms with Crippen molar-refractivity contribution in [2.24, 2.45) is 0 Å². The Bertz CT molecular complexity index is 395. The molecule has 94 valence electrons. The van der Waals surface area contributed by atoms with Gasteiger partial charge in [-0.3, -0.25) is 4.79 Å². The van der Waals surface area contributed by atoms with E-state index in [0.29, 0.717) is 10.6 Å². The van der Waals surface area contributed by atoms with Crippen LogP contribution in [0.15, 0.2) is 22.7 Å². The Hall–Kier alpha value is -0.540. The largest absolute Gasteiger partial charge is 0.339 e. The van der Waals surface area contributed by atoms with Crippen molar-refractivity contribution in [1.82, 2.24) is 4.90 Å². The van der Waals surface area contributed by atoms with Crippen molar-refractivity contribution in [1.29, 1.82) is 0 Å². The summed E-state index contributed by atoms with van der Waals surface area (Å²) in [6.07, 6.45) is 2.12. The summed E-state index contributed by atoms with van der Waals surface area (Å²) in [6.45, 7) is 5.66. The molecule has 1 rings (SSSR count). The SMILES string of the molecule is CCCCN(CC)C(=O)c1ccc(Cl)cc1Br. The van der Waals surface area contributed by atoms with E-state index in [1.54, 1.807) is 18.2 Å². The first-order valence-corrected chi connectivity index (χ1v) is 7.01. The summed E-state index contributed by atoms with van der Waals surface area (Å²) < 4.78 is 0.755. The summed E-state index contributed by atoms with van der Waals surface area (Å²) in [7, 11) is 0. The lowest BCUT2D eigenvalue weighted by atomic mass is 10.2. The second kappa shape index (κ2) is 7.02. The van der Waals surface area contributed by atoms with Crippen LogP contribution in [0, 0.1) is 0 Å². The lowest BCUT2D eigenvalue weighted by molar-refractivity contribution is 0.0761. The number of amides is 1. The van der Waals surface area contributed by atoms with Gasteiger partial charge in [0.1, 0.15) is 0 Å². The van der Waals surface area contributed by atoms with E-state index >= 15 is 0 Å². The first kappa shape index (κ1) is 14.5.